The summed E-state index contributed by atoms with van der Waals surface area (Å²) >= 11 is 7.30. The molecule has 0 saturated heterocycles. The summed E-state index contributed by atoms with van der Waals surface area (Å²) in [5.74, 6) is 0.254. The largest absolute Gasteiger partial charge is 0.487 e. The maximum atomic E-state index is 11.2. The van der Waals surface area contributed by atoms with Gasteiger partial charge in [0, 0.05) is 27.6 Å². The Morgan fingerprint density at radius 1 is 1.32 bits per heavy atom. The van der Waals surface area contributed by atoms with Gasteiger partial charge in [-0.2, -0.15) is 5.10 Å². The highest BCUT2D eigenvalue weighted by Gasteiger charge is 2.15. The second-order valence-electron chi connectivity index (χ2n) is 5.75. The third kappa shape index (κ3) is 5.05. The molecule has 0 amide bonds. The molecule has 3 aromatic rings. The van der Waals surface area contributed by atoms with E-state index in [0.29, 0.717) is 22.3 Å². The highest BCUT2D eigenvalue weighted by atomic mass is 35.5. The number of thiazole rings is 1. The first-order chi connectivity index (χ1) is 13.6. The highest BCUT2D eigenvalue weighted by molar-refractivity contribution is 7.14. The van der Waals surface area contributed by atoms with Gasteiger partial charge >= 0.3 is 5.69 Å². The van der Waals surface area contributed by atoms with Crippen LogP contribution in [0.5, 0.6) is 5.75 Å². The summed E-state index contributed by atoms with van der Waals surface area (Å²) in [6, 6.07) is 12.1. The van der Waals surface area contributed by atoms with E-state index in [0.717, 1.165) is 17.7 Å². The number of anilines is 1. The quantitative estimate of drug-likeness (QED) is 0.293. The van der Waals surface area contributed by atoms with E-state index >= 15 is 0 Å². The molecule has 1 N–H and O–H groups in total. The minimum Gasteiger partial charge on any atom is -0.487 e. The summed E-state index contributed by atoms with van der Waals surface area (Å²) < 4.78 is 5.41. The molecule has 0 radical (unpaired) electrons. The van der Waals surface area contributed by atoms with Gasteiger partial charge in [-0.3, -0.25) is 15.5 Å². The average molecular weight is 417 g/mol. The number of aromatic nitrogens is 1. The van der Waals surface area contributed by atoms with Gasteiger partial charge in [0.05, 0.1) is 23.4 Å². The molecule has 28 heavy (non-hydrogen) atoms. The van der Waals surface area contributed by atoms with Gasteiger partial charge in [-0.25, -0.2) is 4.98 Å². The summed E-state index contributed by atoms with van der Waals surface area (Å²) in [4.78, 5) is 15.2. The number of nitro groups is 1. The molecule has 0 unspecified atom stereocenters. The highest BCUT2D eigenvalue weighted by Crippen LogP contribution is 2.28. The fraction of sp³-hybridized carbons (Fsp3) is 0.158. The zero-order chi connectivity index (χ0) is 19.9. The lowest BCUT2D eigenvalue weighted by molar-refractivity contribution is -0.385. The van der Waals surface area contributed by atoms with Gasteiger partial charge in [0.15, 0.2) is 5.75 Å². The molecule has 9 heteroatoms. The molecule has 0 saturated carbocycles. The van der Waals surface area contributed by atoms with Crippen LogP contribution in [0.3, 0.4) is 0 Å². The summed E-state index contributed by atoms with van der Waals surface area (Å²) in [5, 5.41) is 18.5. The molecule has 1 heterocycles. The molecule has 0 aliphatic carbocycles. The molecule has 1 aromatic heterocycles. The van der Waals surface area contributed by atoms with Crippen LogP contribution in [0.15, 0.2) is 52.9 Å². The number of benzene rings is 2. The standard InChI is InChI=1S/C19H17ClN4O3S/c1-2-9-27-18-8-3-13(10-17(18)24(25)26)11-21-23-19-22-16(12-28-19)14-4-6-15(20)7-5-14/h3-8,10-12H,2,9H2,1H3,(H,22,23)/b21-11-. The molecule has 2 aromatic carbocycles. The van der Waals surface area contributed by atoms with Crippen molar-refractivity contribution in [3.05, 3.63) is 68.5 Å². The smallest absolute Gasteiger partial charge is 0.311 e. The van der Waals surface area contributed by atoms with Gasteiger partial charge in [0.2, 0.25) is 5.13 Å². The zero-order valence-corrected chi connectivity index (χ0v) is 16.5. The van der Waals surface area contributed by atoms with Crippen LogP contribution >= 0.6 is 22.9 Å². The number of hydrogen-bond donors (Lipinski definition) is 1. The molecule has 0 aliphatic rings. The Balaban J connectivity index is 1.68. The van der Waals surface area contributed by atoms with Crippen molar-refractivity contribution in [2.75, 3.05) is 12.0 Å². The second-order valence-corrected chi connectivity index (χ2v) is 7.04. The van der Waals surface area contributed by atoms with Crippen molar-refractivity contribution in [2.24, 2.45) is 5.10 Å². The average Bonchev–Trinajstić information content (AvgIpc) is 3.16. The normalized spacial score (nSPS) is 10.9. The van der Waals surface area contributed by atoms with Crippen molar-refractivity contribution in [1.29, 1.82) is 0 Å². The van der Waals surface area contributed by atoms with Crippen molar-refractivity contribution < 1.29 is 9.66 Å². The van der Waals surface area contributed by atoms with Gasteiger partial charge in [-0.15, -0.1) is 11.3 Å². The van der Waals surface area contributed by atoms with Crippen molar-refractivity contribution >= 4 is 40.0 Å². The molecular weight excluding hydrogens is 400 g/mol. The van der Waals surface area contributed by atoms with Crippen molar-refractivity contribution in [3.63, 3.8) is 0 Å². The van der Waals surface area contributed by atoms with Crippen LogP contribution in [0.2, 0.25) is 5.02 Å². The van der Waals surface area contributed by atoms with Crippen LogP contribution in [-0.4, -0.2) is 22.7 Å². The van der Waals surface area contributed by atoms with Crippen LogP contribution in [0.25, 0.3) is 11.3 Å². The van der Waals surface area contributed by atoms with Crippen LogP contribution in [-0.2, 0) is 0 Å². The molecular formula is C19H17ClN4O3S. The molecule has 0 aliphatic heterocycles. The van der Waals surface area contributed by atoms with Crippen LogP contribution in [0.1, 0.15) is 18.9 Å². The van der Waals surface area contributed by atoms with E-state index in [9.17, 15) is 10.1 Å². The Labute approximate surface area is 170 Å². The maximum Gasteiger partial charge on any atom is 0.311 e. The van der Waals surface area contributed by atoms with Gasteiger partial charge in [-0.05, 0) is 30.7 Å². The number of nitrogens with zero attached hydrogens (tertiary/aromatic N) is 3. The Morgan fingerprint density at radius 3 is 2.82 bits per heavy atom. The number of hydrogen-bond acceptors (Lipinski definition) is 7. The molecule has 7 nitrogen and oxygen atoms in total. The van der Waals surface area contributed by atoms with E-state index in [1.165, 1.54) is 23.6 Å². The van der Waals surface area contributed by atoms with Gasteiger partial charge in [0.25, 0.3) is 0 Å². The lowest BCUT2D eigenvalue weighted by Crippen LogP contribution is -2.00. The first-order valence-corrected chi connectivity index (χ1v) is 9.74. The SMILES string of the molecule is CCCOc1ccc(/C=N\Nc2nc(-c3ccc(Cl)cc3)cs2)cc1[N+](=O)[O-]. The van der Waals surface area contributed by atoms with E-state index in [1.54, 1.807) is 12.1 Å². The lowest BCUT2D eigenvalue weighted by Gasteiger charge is -2.05. The van der Waals surface area contributed by atoms with Crippen LogP contribution < -0.4 is 10.2 Å². The summed E-state index contributed by atoms with van der Waals surface area (Å²) in [7, 11) is 0. The topological polar surface area (TPSA) is 89.7 Å². The second kappa shape index (κ2) is 9.29. The fourth-order valence-electron chi connectivity index (χ4n) is 2.33. The number of nitrogens with one attached hydrogen (secondary N) is 1. The van der Waals surface area contributed by atoms with Crippen molar-refractivity contribution in [2.45, 2.75) is 13.3 Å². The summed E-state index contributed by atoms with van der Waals surface area (Å²) in [5.41, 5.74) is 5.10. The molecule has 0 spiro atoms. The minimum atomic E-state index is -0.463. The minimum absolute atomic E-state index is 0.0864. The van der Waals surface area contributed by atoms with E-state index in [4.69, 9.17) is 16.3 Å². The number of halogens is 1. The van der Waals surface area contributed by atoms with E-state index < -0.39 is 4.92 Å². The number of hydrazone groups is 1. The number of ether oxygens (including phenoxy) is 1. The third-order valence-electron chi connectivity index (χ3n) is 3.66. The molecule has 3 rings (SSSR count). The van der Waals surface area contributed by atoms with Gasteiger partial charge in [-0.1, -0.05) is 30.7 Å². The molecule has 144 valence electrons. The maximum absolute atomic E-state index is 11.2. The number of rotatable bonds is 8. The van der Waals surface area contributed by atoms with Crippen molar-refractivity contribution in [1.82, 2.24) is 4.98 Å². The molecule has 0 atom stereocenters. The van der Waals surface area contributed by atoms with Gasteiger partial charge in [0.1, 0.15) is 0 Å². The Bertz CT molecular complexity index is 989. The predicted molar refractivity (Wildman–Crippen MR) is 113 cm³/mol. The molecule has 0 fully saturated rings. The van der Waals surface area contributed by atoms with E-state index in [2.05, 4.69) is 15.5 Å². The van der Waals surface area contributed by atoms with Crippen LogP contribution in [0, 0.1) is 10.1 Å². The monoisotopic (exact) mass is 416 g/mol. The lowest BCUT2D eigenvalue weighted by atomic mass is 10.2. The summed E-state index contributed by atoms with van der Waals surface area (Å²) in [6.45, 7) is 2.37. The third-order valence-corrected chi connectivity index (χ3v) is 4.66. The Kier molecular flexibility index (Phi) is 6.57. The van der Waals surface area contributed by atoms with Crippen LogP contribution in [0.4, 0.5) is 10.8 Å². The Hall–Kier alpha value is -2.97. The number of nitro benzene ring substituents is 1. The predicted octanol–water partition coefficient (Wildman–Crippen LogP) is 5.61. The zero-order valence-electron chi connectivity index (χ0n) is 15.0. The fourth-order valence-corrected chi connectivity index (χ4v) is 3.13. The van der Waals surface area contributed by atoms with E-state index in [-0.39, 0.29) is 11.4 Å². The van der Waals surface area contributed by atoms with Gasteiger partial charge < -0.3 is 4.74 Å². The van der Waals surface area contributed by atoms with E-state index in [1.807, 2.05) is 36.6 Å². The van der Waals surface area contributed by atoms with Crippen molar-refractivity contribution in [3.8, 4) is 17.0 Å². The molecule has 0 bridgehead atoms. The first kappa shape index (κ1) is 19.8. The first-order valence-electron chi connectivity index (χ1n) is 8.48. The Morgan fingerprint density at radius 2 is 2.11 bits per heavy atom. The summed E-state index contributed by atoms with van der Waals surface area (Å²) in [6.07, 6.45) is 2.27.